The van der Waals surface area contributed by atoms with Crippen LogP contribution in [0.15, 0.2) is 48.5 Å². The van der Waals surface area contributed by atoms with Gasteiger partial charge < -0.3 is 9.64 Å². The van der Waals surface area contributed by atoms with Crippen LogP contribution in [0.5, 0.6) is 5.75 Å². The van der Waals surface area contributed by atoms with Crippen molar-refractivity contribution >= 4 is 15.7 Å². The van der Waals surface area contributed by atoms with Crippen LogP contribution in [0, 0.1) is 0 Å². The van der Waals surface area contributed by atoms with Gasteiger partial charge in [0.05, 0.1) is 11.5 Å². The number of rotatable bonds is 5. The first kappa shape index (κ1) is 23.8. The Labute approximate surface area is 197 Å². The van der Waals surface area contributed by atoms with Gasteiger partial charge in [-0.25, -0.2) is 8.42 Å². The fourth-order valence-corrected chi connectivity index (χ4v) is 6.26. The Morgan fingerprint density at radius 2 is 1.61 bits per heavy atom. The molecule has 0 aliphatic carbocycles. The van der Waals surface area contributed by atoms with Crippen molar-refractivity contribution in [2.45, 2.75) is 45.3 Å². The van der Waals surface area contributed by atoms with E-state index in [0.29, 0.717) is 31.7 Å². The van der Waals surface area contributed by atoms with Crippen molar-refractivity contribution in [3.05, 3.63) is 65.2 Å². The normalized spacial score (nSPS) is 21.2. The largest absolute Gasteiger partial charge is 0.489 e. The van der Waals surface area contributed by atoms with Gasteiger partial charge in [-0.05, 0) is 47.2 Å². The maximum Gasteiger partial charge on any atom is 0.253 e. The predicted molar refractivity (Wildman–Crippen MR) is 130 cm³/mol. The fraction of sp³-hybridized carbons (Fsp3) is 0.500. The number of benzene rings is 2. The number of sulfone groups is 1. The Morgan fingerprint density at radius 3 is 2.15 bits per heavy atom. The minimum atomic E-state index is -2.88. The summed E-state index contributed by atoms with van der Waals surface area (Å²) < 4.78 is 29.4. The monoisotopic (exact) mass is 470 g/mol. The van der Waals surface area contributed by atoms with E-state index in [1.54, 1.807) is 0 Å². The summed E-state index contributed by atoms with van der Waals surface area (Å²) in [7, 11) is -2.88. The molecule has 2 aromatic carbocycles. The molecule has 7 heteroatoms. The summed E-state index contributed by atoms with van der Waals surface area (Å²) in [4.78, 5) is 17.0. The molecule has 2 aromatic rings. The Morgan fingerprint density at radius 1 is 0.970 bits per heavy atom. The zero-order valence-electron chi connectivity index (χ0n) is 19.8. The molecule has 0 bridgehead atoms. The Bertz CT molecular complexity index is 1060. The van der Waals surface area contributed by atoms with E-state index in [0.717, 1.165) is 24.4 Å². The molecule has 2 saturated heterocycles. The van der Waals surface area contributed by atoms with Gasteiger partial charge in [-0.1, -0.05) is 45.0 Å². The van der Waals surface area contributed by atoms with E-state index in [2.05, 4.69) is 37.8 Å². The highest BCUT2D eigenvalue weighted by molar-refractivity contribution is 7.91. The Hall–Kier alpha value is -2.38. The number of nitrogens with zero attached hydrogens (tertiary/aromatic N) is 2. The van der Waals surface area contributed by atoms with Crippen LogP contribution in [0.4, 0.5) is 0 Å². The first-order chi connectivity index (χ1) is 15.6. The maximum atomic E-state index is 12.9. The Balaban J connectivity index is 1.27. The van der Waals surface area contributed by atoms with Crippen LogP contribution in [0.1, 0.15) is 48.7 Å². The third kappa shape index (κ3) is 5.95. The van der Waals surface area contributed by atoms with Crippen LogP contribution in [0.2, 0.25) is 0 Å². The number of piperazine rings is 1. The molecule has 0 aromatic heterocycles. The van der Waals surface area contributed by atoms with Crippen molar-refractivity contribution in [3.8, 4) is 5.75 Å². The molecule has 2 heterocycles. The molecule has 0 radical (unpaired) electrons. The fourth-order valence-electron chi connectivity index (χ4n) is 4.50. The van der Waals surface area contributed by atoms with E-state index >= 15 is 0 Å². The maximum absolute atomic E-state index is 12.9. The molecule has 2 aliphatic rings. The van der Waals surface area contributed by atoms with Gasteiger partial charge in [-0.3, -0.25) is 9.69 Å². The van der Waals surface area contributed by atoms with Gasteiger partial charge in [0.15, 0.2) is 9.84 Å². The molecule has 4 rings (SSSR count). The zero-order chi connectivity index (χ0) is 23.6. The van der Waals surface area contributed by atoms with Gasteiger partial charge in [0.2, 0.25) is 0 Å². The van der Waals surface area contributed by atoms with Crippen LogP contribution in [-0.4, -0.2) is 67.9 Å². The van der Waals surface area contributed by atoms with Crippen LogP contribution in [0.25, 0.3) is 0 Å². The zero-order valence-corrected chi connectivity index (χ0v) is 20.6. The smallest absolute Gasteiger partial charge is 0.253 e. The Kier molecular flexibility index (Phi) is 6.82. The van der Waals surface area contributed by atoms with E-state index in [4.69, 9.17) is 4.74 Å². The van der Waals surface area contributed by atoms with E-state index in [1.807, 2.05) is 41.3 Å². The van der Waals surface area contributed by atoms with E-state index < -0.39 is 9.84 Å². The highest BCUT2D eigenvalue weighted by Gasteiger charge is 2.34. The molecule has 178 valence electrons. The van der Waals surface area contributed by atoms with Crippen LogP contribution < -0.4 is 4.74 Å². The molecular formula is C26H34N2O4S. The van der Waals surface area contributed by atoms with Crippen molar-refractivity contribution in [2.24, 2.45) is 0 Å². The van der Waals surface area contributed by atoms with Gasteiger partial charge >= 0.3 is 0 Å². The molecule has 1 atom stereocenters. The lowest BCUT2D eigenvalue weighted by Gasteiger charge is -2.37. The SMILES string of the molecule is CC(C)(C)c1ccc(OCc2ccc(C(=O)N3CCN(C4CCS(=O)(=O)C4)CC3)cc2)cc1. The molecule has 0 N–H and O–H groups in total. The van der Waals surface area contributed by atoms with Crippen LogP contribution in [-0.2, 0) is 21.9 Å². The second-order valence-corrected chi connectivity index (χ2v) is 12.4. The van der Waals surface area contributed by atoms with Crippen LogP contribution >= 0.6 is 0 Å². The van der Waals surface area contributed by atoms with Gasteiger partial charge in [-0.2, -0.15) is 0 Å². The van der Waals surface area contributed by atoms with Crippen molar-refractivity contribution in [2.75, 3.05) is 37.7 Å². The average Bonchev–Trinajstić information content (AvgIpc) is 3.17. The third-order valence-electron chi connectivity index (χ3n) is 6.65. The van der Waals surface area contributed by atoms with E-state index in [9.17, 15) is 13.2 Å². The topological polar surface area (TPSA) is 66.9 Å². The van der Waals surface area contributed by atoms with E-state index in [-0.39, 0.29) is 28.9 Å². The second kappa shape index (κ2) is 9.47. The molecule has 0 spiro atoms. The molecule has 33 heavy (non-hydrogen) atoms. The summed E-state index contributed by atoms with van der Waals surface area (Å²) in [5.74, 6) is 1.40. The highest BCUT2D eigenvalue weighted by Crippen LogP contribution is 2.25. The molecule has 2 fully saturated rings. The van der Waals surface area contributed by atoms with Crippen LogP contribution in [0.3, 0.4) is 0 Å². The van der Waals surface area contributed by atoms with E-state index in [1.165, 1.54) is 5.56 Å². The predicted octanol–water partition coefficient (Wildman–Crippen LogP) is 3.51. The highest BCUT2D eigenvalue weighted by atomic mass is 32.2. The van der Waals surface area contributed by atoms with Gasteiger partial charge in [0, 0.05) is 37.8 Å². The van der Waals surface area contributed by atoms with Gasteiger partial charge in [0.1, 0.15) is 12.4 Å². The number of ether oxygens (including phenoxy) is 1. The lowest BCUT2D eigenvalue weighted by Crippen LogP contribution is -2.52. The average molecular weight is 471 g/mol. The van der Waals surface area contributed by atoms with Gasteiger partial charge in [-0.15, -0.1) is 0 Å². The third-order valence-corrected chi connectivity index (χ3v) is 8.40. The first-order valence-electron chi connectivity index (χ1n) is 11.7. The molecular weight excluding hydrogens is 436 g/mol. The molecule has 1 amide bonds. The number of hydrogen-bond acceptors (Lipinski definition) is 5. The van der Waals surface area contributed by atoms with Crippen molar-refractivity contribution in [1.29, 1.82) is 0 Å². The quantitative estimate of drug-likeness (QED) is 0.669. The molecule has 6 nitrogen and oxygen atoms in total. The summed E-state index contributed by atoms with van der Waals surface area (Å²) in [6.45, 7) is 9.73. The summed E-state index contributed by atoms with van der Waals surface area (Å²) in [5, 5.41) is 0. The van der Waals surface area contributed by atoms with Crippen molar-refractivity contribution in [3.63, 3.8) is 0 Å². The van der Waals surface area contributed by atoms with Gasteiger partial charge in [0.25, 0.3) is 5.91 Å². The first-order valence-corrected chi connectivity index (χ1v) is 13.5. The summed E-state index contributed by atoms with van der Waals surface area (Å²) in [5.41, 5.74) is 3.07. The number of hydrogen-bond donors (Lipinski definition) is 0. The molecule has 1 unspecified atom stereocenters. The summed E-state index contributed by atoms with van der Waals surface area (Å²) in [6, 6.07) is 15.9. The summed E-state index contributed by atoms with van der Waals surface area (Å²) >= 11 is 0. The standard InChI is InChI=1S/C26H34N2O4S/c1-26(2,3)22-8-10-24(11-9-22)32-18-20-4-6-21(7-5-20)25(29)28-15-13-27(14-16-28)23-12-17-33(30,31)19-23/h4-11,23H,12-19H2,1-3H3. The number of carbonyl (C=O) groups excluding carboxylic acids is 1. The van der Waals surface area contributed by atoms with Crippen molar-refractivity contribution in [1.82, 2.24) is 9.80 Å². The minimum absolute atomic E-state index is 0.0268. The second-order valence-electron chi connectivity index (χ2n) is 10.1. The summed E-state index contributed by atoms with van der Waals surface area (Å²) in [6.07, 6.45) is 0.709. The number of amides is 1. The lowest BCUT2D eigenvalue weighted by molar-refractivity contribution is 0.0588. The van der Waals surface area contributed by atoms with Crippen molar-refractivity contribution < 1.29 is 17.9 Å². The number of carbonyl (C=O) groups is 1. The minimum Gasteiger partial charge on any atom is -0.489 e. The molecule has 0 saturated carbocycles. The lowest BCUT2D eigenvalue weighted by atomic mass is 9.87. The molecule has 2 aliphatic heterocycles.